The molecule has 3 aliphatic carbocycles. The minimum Gasteiger partial charge on any atom is -0.480 e. The number of nitrogens with two attached hydrogens (primary N) is 3. The lowest BCUT2D eigenvalue weighted by atomic mass is 9.79. The molecule has 1 unspecified atom stereocenters. The van der Waals surface area contributed by atoms with Crippen molar-refractivity contribution in [2.45, 2.75) is 159 Å². The van der Waals surface area contributed by atoms with Crippen LogP contribution in [0.5, 0.6) is 0 Å². The second kappa shape index (κ2) is 23.4. The van der Waals surface area contributed by atoms with Crippen molar-refractivity contribution >= 4 is 18.1 Å². The molecule has 0 bridgehead atoms. The predicted molar refractivity (Wildman–Crippen MR) is 180 cm³/mol. The molecule has 8 N–H and O–H groups in total. The number of aliphatic carboxylic acids is 2. The number of hydrogen-bond acceptors (Lipinski definition) is 13. The molecule has 3 saturated heterocycles. The maximum atomic E-state index is 10.9. The molecule has 0 aromatic carbocycles. The smallest absolute Gasteiger partial charge is 0.373 e. The van der Waals surface area contributed by atoms with Crippen molar-refractivity contribution in [3.05, 3.63) is 0 Å². The second-order valence-corrected chi connectivity index (χ2v) is 12.0. The van der Waals surface area contributed by atoms with Gasteiger partial charge in [0.25, 0.3) is 0 Å². The van der Waals surface area contributed by atoms with Crippen LogP contribution in [-0.2, 0) is 47.6 Å². The normalized spacial score (nSPS) is 27.8. The van der Waals surface area contributed by atoms with E-state index in [1.807, 2.05) is 41.5 Å². The summed E-state index contributed by atoms with van der Waals surface area (Å²) in [5.41, 5.74) is 15.2. The summed E-state index contributed by atoms with van der Waals surface area (Å²) in [5.74, 6) is -3.20. The van der Waals surface area contributed by atoms with Gasteiger partial charge in [0.15, 0.2) is 17.4 Å². The summed E-state index contributed by atoms with van der Waals surface area (Å²) in [7, 11) is 0. The minimum atomic E-state index is -1.09. The molecule has 6 fully saturated rings. The number of carbonyl (C=O) groups excluding carboxylic acids is 2. The molecular formula is C34H65N3O12. The van der Waals surface area contributed by atoms with Crippen molar-refractivity contribution < 1.29 is 57.8 Å². The van der Waals surface area contributed by atoms with E-state index in [1.165, 1.54) is 0 Å². The molecule has 0 amide bonds. The average Bonchev–Trinajstić information content (AvgIpc) is 3.78. The zero-order valence-corrected chi connectivity index (χ0v) is 30.7. The number of ether oxygens (including phenoxy) is 6. The van der Waals surface area contributed by atoms with Gasteiger partial charge in [0.1, 0.15) is 11.1 Å². The lowest BCUT2D eigenvalue weighted by Gasteiger charge is -2.44. The highest BCUT2D eigenvalue weighted by molar-refractivity contribution is 5.79. The molecular weight excluding hydrogens is 642 g/mol. The van der Waals surface area contributed by atoms with Crippen LogP contribution in [0.25, 0.3) is 0 Å². The SMILES string of the molecule is CC.CC.CC.NC1(C(=O)O)CCC2(CC1)OCCCO2.NC1(C(=O)O)CCC2(CC1)OCCO2.NC1CCCC2(C1)OCCO2.O=C=O. The topological polar surface area (TPSA) is 242 Å². The van der Waals surface area contributed by atoms with Gasteiger partial charge in [0.05, 0.1) is 39.6 Å². The van der Waals surface area contributed by atoms with Crippen LogP contribution >= 0.6 is 0 Å². The molecule has 49 heavy (non-hydrogen) atoms. The van der Waals surface area contributed by atoms with Gasteiger partial charge >= 0.3 is 18.1 Å². The van der Waals surface area contributed by atoms with E-state index in [1.54, 1.807) is 0 Å². The Morgan fingerprint density at radius 3 is 1.16 bits per heavy atom. The summed E-state index contributed by atoms with van der Waals surface area (Å²) in [5, 5.41) is 17.9. The largest absolute Gasteiger partial charge is 0.480 e. The number of carboxylic acid groups (broad SMARTS) is 2. The standard InChI is InChI=1S/C10H17NO4.C9H15NO4.C8H15NO2.3C2H6.CO2/c11-9(8(12)13)2-4-10(5-3-9)14-6-1-7-15-10;10-8(7(11)12)1-3-9(4-2-8)13-5-6-14-9;9-7-2-1-3-8(6-7)10-4-5-11-8;3*1-2;2-1-3/h1-7,11H2,(H,12,13);1-6,10H2,(H,11,12);7H,1-6,9H2;3*1-2H3;. The highest BCUT2D eigenvalue weighted by atomic mass is 16.7. The summed E-state index contributed by atoms with van der Waals surface area (Å²) >= 11 is 0. The van der Waals surface area contributed by atoms with Crippen molar-refractivity contribution in [2.75, 3.05) is 39.6 Å². The Bertz CT molecular complexity index is 938. The van der Waals surface area contributed by atoms with Crippen LogP contribution in [-0.4, -0.2) is 102 Å². The lowest BCUT2D eigenvalue weighted by Crippen LogP contribution is -2.56. The Morgan fingerprint density at radius 1 is 0.551 bits per heavy atom. The monoisotopic (exact) mass is 707 g/mol. The molecule has 0 radical (unpaired) electrons. The van der Waals surface area contributed by atoms with Crippen LogP contribution in [0.2, 0.25) is 0 Å². The Hall–Kier alpha value is -2.04. The van der Waals surface area contributed by atoms with Crippen molar-refractivity contribution in [2.24, 2.45) is 17.2 Å². The third-order valence-electron chi connectivity index (χ3n) is 9.01. The van der Waals surface area contributed by atoms with Crippen LogP contribution < -0.4 is 17.2 Å². The predicted octanol–water partition coefficient (Wildman–Crippen LogP) is 3.69. The van der Waals surface area contributed by atoms with Crippen molar-refractivity contribution in [1.82, 2.24) is 0 Å². The van der Waals surface area contributed by atoms with Crippen LogP contribution in [0.4, 0.5) is 0 Å². The molecule has 15 nitrogen and oxygen atoms in total. The molecule has 0 aromatic rings. The van der Waals surface area contributed by atoms with E-state index in [9.17, 15) is 9.59 Å². The van der Waals surface area contributed by atoms with Crippen molar-refractivity contribution in [1.29, 1.82) is 0 Å². The molecule has 3 aliphatic heterocycles. The van der Waals surface area contributed by atoms with Gasteiger partial charge in [-0.2, -0.15) is 9.59 Å². The van der Waals surface area contributed by atoms with Crippen molar-refractivity contribution in [3.8, 4) is 0 Å². The third kappa shape index (κ3) is 14.6. The first kappa shape index (κ1) is 47.0. The number of carboxylic acids is 2. The molecule has 0 aromatic heterocycles. The highest BCUT2D eigenvalue weighted by Gasteiger charge is 2.48. The van der Waals surface area contributed by atoms with E-state index < -0.39 is 34.6 Å². The fourth-order valence-corrected chi connectivity index (χ4v) is 6.27. The van der Waals surface area contributed by atoms with Gasteiger partial charge in [0.2, 0.25) is 0 Å². The summed E-state index contributed by atoms with van der Waals surface area (Å²) in [6.45, 7) is 16.1. The molecule has 1 atom stereocenters. The average molecular weight is 708 g/mol. The van der Waals surface area contributed by atoms with Gasteiger partial charge in [-0.25, -0.2) is 0 Å². The van der Waals surface area contributed by atoms with Gasteiger partial charge in [-0.1, -0.05) is 41.5 Å². The third-order valence-corrected chi connectivity index (χ3v) is 9.01. The zero-order valence-electron chi connectivity index (χ0n) is 30.7. The molecule has 3 heterocycles. The molecule has 3 spiro atoms. The highest BCUT2D eigenvalue weighted by Crippen LogP contribution is 2.40. The van der Waals surface area contributed by atoms with E-state index in [4.69, 9.17) is 65.4 Å². The van der Waals surface area contributed by atoms with Crippen molar-refractivity contribution in [3.63, 3.8) is 0 Å². The van der Waals surface area contributed by atoms with Crippen LogP contribution in [0.1, 0.15) is 125 Å². The summed E-state index contributed by atoms with van der Waals surface area (Å²) in [6.07, 6.45) is 9.32. The Kier molecular flexibility index (Phi) is 22.5. The van der Waals surface area contributed by atoms with E-state index in [0.29, 0.717) is 77.8 Å². The fourth-order valence-electron chi connectivity index (χ4n) is 6.27. The number of carbonyl (C=O) groups is 2. The fraction of sp³-hybridized carbons (Fsp3) is 0.912. The van der Waals surface area contributed by atoms with E-state index in [2.05, 4.69) is 0 Å². The van der Waals surface area contributed by atoms with E-state index in [0.717, 1.165) is 45.3 Å². The van der Waals surface area contributed by atoms with E-state index in [-0.39, 0.29) is 18.0 Å². The first-order valence-corrected chi connectivity index (χ1v) is 18.0. The Morgan fingerprint density at radius 2 is 0.857 bits per heavy atom. The van der Waals surface area contributed by atoms with Crippen LogP contribution in [0.3, 0.4) is 0 Å². The van der Waals surface area contributed by atoms with Crippen LogP contribution in [0, 0.1) is 0 Å². The molecule has 6 rings (SSSR count). The summed E-state index contributed by atoms with van der Waals surface area (Å²) in [6, 6.07) is 0.279. The summed E-state index contributed by atoms with van der Waals surface area (Å²) < 4.78 is 33.3. The van der Waals surface area contributed by atoms with Gasteiger partial charge < -0.3 is 55.8 Å². The number of hydrogen-bond donors (Lipinski definition) is 5. The molecule has 288 valence electrons. The molecule has 15 heteroatoms. The zero-order chi connectivity index (χ0) is 37.6. The van der Waals surface area contributed by atoms with E-state index >= 15 is 0 Å². The maximum Gasteiger partial charge on any atom is 0.373 e. The lowest BCUT2D eigenvalue weighted by molar-refractivity contribution is -0.283. The van der Waals surface area contributed by atoms with Gasteiger partial charge in [-0.15, -0.1) is 0 Å². The summed E-state index contributed by atoms with van der Waals surface area (Å²) in [4.78, 5) is 38.1. The quantitative estimate of drug-likeness (QED) is 0.275. The van der Waals surface area contributed by atoms with Gasteiger partial charge in [0, 0.05) is 44.6 Å². The number of rotatable bonds is 2. The van der Waals surface area contributed by atoms with Gasteiger partial charge in [-0.05, 0) is 44.9 Å². The van der Waals surface area contributed by atoms with Crippen LogP contribution in [0.15, 0.2) is 0 Å². The Labute approximate surface area is 292 Å². The minimum absolute atomic E-state index is 0.250. The second-order valence-electron chi connectivity index (χ2n) is 12.0. The first-order chi connectivity index (χ1) is 23.4. The van der Waals surface area contributed by atoms with Gasteiger partial charge in [-0.3, -0.25) is 9.59 Å². The molecule has 3 saturated carbocycles. The molecule has 6 aliphatic rings. The maximum absolute atomic E-state index is 10.9. The Balaban J connectivity index is 0.000000635. The first-order valence-electron chi connectivity index (χ1n) is 18.0.